The Balaban J connectivity index is 1.71. The molecule has 2 N–H and O–H groups in total. The Bertz CT molecular complexity index is 331. The van der Waals surface area contributed by atoms with Crippen molar-refractivity contribution in [1.29, 1.82) is 0 Å². The molecule has 2 aliphatic rings. The average Bonchev–Trinajstić information content (AvgIpc) is 3.13. The van der Waals surface area contributed by atoms with Crippen molar-refractivity contribution < 1.29 is 14.7 Å². The van der Waals surface area contributed by atoms with Gasteiger partial charge in [0, 0.05) is 19.6 Å². The lowest BCUT2D eigenvalue weighted by atomic mass is 9.76. The molecule has 0 aromatic rings. The molecule has 2 rings (SSSR count). The van der Waals surface area contributed by atoms with Crippen LogP contribution in [-0.4, -0.2) is 41.6 Å². The van der Waals surface area contributed by atoms with Crippen LogP contribution >= 0.6 is 0 Å². The van der Waals surface area contributed by atoms with E-state index in [4.69, 9.17) is 5.11 Å². The summed E-state index contributed by atoms with van der Waals surface area (Å²) in [5, 5.41) is 11.2. The number of carboxylic acids is 1. The molecule has 1 heterocycles. The Hall–Kier alpha value is -1.26. The molecular weight excluding hydrogens is 232 g/mol. The fourth-order valence-corrected chi connectivity index (χ4v) is 2.80. The average molecular weight is 254 g/mol. The predicted molar refractivity (Wildman–Crippen MR) is 67.3 cm³/mol. The Morgan fingerprint density at radius 2 is 1.94 bits per heavy atom. The van der Waals surface area contributed by atoms with Crippen LogP contribution in [-0.2, 0) is 4.79 Å². The minimum absolute atomic E-state index is 0.0145. The van der Waals surface area contributed by atoms with E-state index in [9.17, 15) is 9.59 Å². The van der Waals surface area contributed by atoms with E-state index in [2.05, 4.69) is 12.2 Å². The van der Waals surface area contributed by atoms with Crippen LogP contribution in [0.4, 0.5) is 4.79 Å². The van der Waals surface area contributed by atoms with Crippen LogP contribution in [0.15, 0.2) is 0 Å². The molecule has 18 heavy (non-hydrogen) atoms. The fraction of sp³-hybridized carbons (Fsp3) is 0.846. The van der Waals surface area contributed by atoms with Crippen LogP contribution in [0.3, 0.4) is 0 Å². The second-order valence-corrected chi connectivity index (χ2v) is 5.79. The lowest BCUT2D eigenvalue weighted by molar-refractivity contribution is -0.136. The van der Waals surface area contributed by atoms with Gasteiger partial charge in [0.2, 0.25) is 0 Å². The molecule has 2 fully saturated rings. The number of nitrogens with one attached hydrogen (secondary N) is 1. The maximum atomic E-state index is 11.8. The summed E-state index contributed by atoms with van der Waals surface area (Å²) < 4.78 is 0. The molecule has 2 amide bonds. The number of aliphatic carboxylic acids is 1. The van der Waals surface area contributed by atoms with Gasteiger partial charge in [-0.2, -0.15) is 0 Å². The van der Waals surface area contributed by atoms with Gasteiger partial charge in [0.05, 0.1) is 6.42 Å². The first kappa shape index (κ1) is 13.2. The smallest absolute Gasteiger partial charge is 0.317 e. The largest absolute Gasteiger partial charge is 0.481 e. The van der Waals surface area contributed by atoms with Crippen molar-refractivity contribution in [1.82, 2.24) is 10.2 Å². The first-order chi connectivity index (χ1) is 8.51. The Morgan fingerprint density at radius 3 is 2.44 bits per heavy atom. The van der Waals surface area contributed by atoms with Gasteiger partial charge in [-0.1, -0.05) is 6.92 Å². The third-order valence-electron chi connectivity index (χ3n) is 4.37. The number of likely N-dealkylation sites (tertiary alicyclic amines) is 1. The molecule has 0 radical (unpaired) electrons. The highest BCUT2D eigenvalue weighted by molar-refractivity contribution is 5.75. The molecular formula is C13H22N2O3. The van der Waals surface area contributed by atoms with Gasteiger partial charge in [-0.3, -0.25) is 4.79 Å². The second kappa shape index (κ2) is 5.16. The second-order valence-electron chi connectivity index (χ2n) is 5.79. The molecule has 0 spiro atoms. The standard InChI is InChI=1S/C13H22N2O3/c1-13(10-2-3-10)5-8-15(9-6-13)12(18)14-7-4-11(16)17/h10H,2-9H2,1H3,(H,14,18)(H,16,17). The van der Waals surface area contributed by atoms with Crippen LogP contribution in [0.25, 0.3) is 0 Å². The lowest BCUT2D eigenvalue weighted by Crippen LogP contribution is -2.47. The van der Waals surface area contributed by atoms with E-state index < -0.39 is 5.97 Å². The zero-order valence-electron chi connectivity index (χ0n) is 10.9. The van der Waals surface area contributed by atoms with Gasteiger partial charge in [0.1, 0.15) is 0 Å². The van der Waals surface area contributed by atoms with Crippen molar-refractivity contribution in [3.05, 3.63) is 0 Å². The van der Waals surface area contributed by atoms with Gasteiger partial charge in [-0.25, -0.2) is 4.79 Å². The summed E-state index contributed by atoms with van der Waals surface area (Å²) in [4.78, 5) is 24.0. The van der Waals surface area contributed by atoms with E-state index >= 15 is 0 Å². The lowest BCUT2D eigenvalue weighted by Gasteiger charge is -2.39. The minimum atomic E-state index is -0.879. The number of carbonyl (C=O) groups excluding carboxylic acids is 1. The number of carbonyl (C=O) groups is 2. The maximum absolute atomic E-state index is 11.8. The minimum Gasteiger partial charge on any atom is -0.481 e. The Kier molecular flexibility index (Phi) is 3.78. The van der Waals surface area contributed by atoms with Crippen molar-refractivity contribution in [3.63, 3.8) is 0 Å². The summed E-state index contributed by atoms with van der Waals surface area (Å²) in [5.41, 5.74) is 0.428. The Morgan fingerprint density at radius 1 is 1.33 bits per heavy atom. The number of hydrogen-bond donors (Lipinski definition) is 2. The molecule has 1 saturated carbocycles. The zero-order valence-corrected chi connectivity index (χ0v) is 10.9. The van der Waals surface area contributed by atoms with E-state index in [1.54, 1.807) is 0 Å². The highest BCUT2D eigenvalue weighted by Crippen LogP contribution is 2.51. The molecule has 1 aliphatic heterocycles. The van der Waals surface area contributed by atoms with Gasteiger partial charge >= 0.3 is 12.0 Å². The molecule has 0 bridgehead atoms. The van der Waals surface area contributed by atoms with Crippen molar-refractivity contribution >= 4 is 12.0 Å². The number of rotatable bonds is 4. The van der Waals surface area contributed by atoms with Gasteiger partial charge < -0.3 is 15.3 Å². The molecule has 5 nitrogen and oxygen atoms in total. The number of amides is 2. The van der Waals surface area contributed by atoms with E-state index in [0.717, 1.165) is 31.8 Å². The van der Waals surface area contributed by atoms with Crippen molar-refractivity contribution in [2.75, 3.05) is 19.6 Å². The van der Waals surface area contributed by atoms with Gasteiger partial charge in [0.25, 0.3) is 0 Å². The summed E-state index contributed by atoms with van der Waals surface area (Å²) in [6.07, 6.45) is 4.83. The highest BCUT2D eigenvalue weighted by atomic mass is 16.4. The van der Waals surface area contributed by atoms with Crippen LogP contribution in [0.2, 0.25) is 0 Å². The molecule has 0 unspecified atom stereocenters. The van der Waals surface area contributed by atoms with E-state index in [1.165, 1.54) is 12.8 Å². The number of urea groups is 1. The molecule has 0 atom stereocenters. The number of piperidine rings is 1. The predicted octanol–water partition coefficient (Wildman–Crippen LogP) is 1.68. The summed E-state index contributed by atoms with van der Waals surface area (Å²) in [6, 6.07) is -0.117. The van der Waals surface area contributed by atoms with Crippen LogP contribution < -0.4 is 5.32 Å². The van der Waals surface area contributed by atoms with Crippen LogP contribution in [0.1, 0.15) is 39.0 Å². The molecule has 1 aliphatic carbocycles. The number of hydrogen-bond acceptors (Lipinski definition) is 2. The normalized spacial score (nSPS) is 22.6. The van der Waals surface area contributed by atoms with Crippen molar-refractivity contribution in [2.24, 2.45) is 11.3 Å². The van der Waals surface area contributed by atoms with Crippen LogP contribution in [0.5, 0.6) is 0 Å². The number of carboxylic acid groups (broad SMARTS) is 1. The van der Waals surface area contributed by atoms with E-state index in [0.29, 0.717) is 5.41 Å². The quantitative estimate of drug-likeness (QED) is 0.802. The van der Waals surface area contributed by atoms with Gasteiger partial charge in [0.15, 0.2) is 0 Å². The molecule has 1 saturated heterocycles. The molecule has 0 aromatic carbocycles. The maximum Gasteiger partial charge on any atom is 0.317 e. The monoisotopic (exact) mass is 254 g/mol. The molecule has 102 valence electrons. The number of nitrogens with zero attached hydrogens (tertiary/aromatic N) is 1. The molecule has 5 heteroatoms. The third kappa shape index (κ3) is 3.15. The summed E-state index contributed by atoms with van der Waals surface area (Å²) in [6.45, 7) is 4.15. The Labute approximate surface area is 108 Å². The van der Waals surface area contributed by atoms with Gasteiger partial charge in [-0.05, 0) is 37.0 Å². The van der Waals surface area contributed by atoms with E-state index in [-0.39, 0.29) is 19.0 Å². The zero-order chi connectivity index (χ0) is 13.2. The van der Waals surface area contributed by atoms with Crippen LogP contribution in [0, 0.1) is 11.3 Å². The van der Waals surface area contributed by atoms with E-state index in [1.807, 2.05) is 4.90 Å². The first-order valence-corrected chi connectivity index (χ1v) is 6.76. The first-order valence-electron chi connectivity index (χ1n) is 6.76. The van der Waals surface area contributed by atoms with Crippen molar-refractivity contribution in [2.45, 2.75) is 39.0 Å². The summed E-state index contributed by atoms with van der Waals surface area (Å²) in [5.74, 6) is -0.00928. The highest BCUT2D eigenvalue weighted by Gasteiger charge is 2.43. The van der Waals surface area contributed by atoms with Crippen molar-refractivity contribution in [3.8, 4) is 0 Å². The SMILES string of the molecule is CC1(C2CC2)CCN(C(=O)NCCC(=O)O)CC1. The fourth-order valence-electron chi connectivity index (χ4n) is 2.80. The van der Waals surface area contributed by atoms with Gasteiger partial charge in [-0.15, -0.1) is 0 Å². The molecule has 0 aromatic heterocycles. The topological polar surface area (TPSA) is 69.6 Å². The third-order valence-corrected chi connectivity index (χ3v) is 4.37. The summed E-state index contributed by atoms with van der Waals surface area (Å²) >= 11 is 0. The summed E-state index contributed by atoms with van der Waals surface area (Å²) in [7, 11) is 0.